The maximum absolute atomic E-state index is 9.50. The van der Waals surface area contributed by atoms with Crippen molar-refractivity contribution in [1.29, 1.82) is 0 Å². The molecule has 1 aliphatic heterocycles. The van der Waals surface area contributed by atoms with E-state index in [1.54, 1.807) is 12.1 Å². The molecular weight excluding hydrogens is 271 g/mol. The molecule has 0 unspecified atom stereocenters. The van der Waals surface area contributed by atoms with Crippen LogP contribution in [0, 0.1) is 0 Å². The van der Waals surface area contributed by atoms with E-state index in [-0.39, 0.29) is 15.8 Å². The highest BCUT2D eigenvalue weighted by Gasteiger charge is 2.18. The molecule has 2 rings (SSSR count). The summed E-state index contributed by atoms with van der Waals surface area (Å²) in [6, 6.07) is 3.88. The third kappa shape index (κ3) is 3.22. The highest BCUT2D eigenvalue weighted by molar-refractivity contribution is 6.37. The van der Waals surface area contributed by atoms with Gasteiger partial charge in [0.2, 0.25) is 0 Å². The van der Waals surface area contributed by atoms with Crippen LogP contribution in [-0.2, 0) is 0 Å². The van der Waals surface area contributed by atoms with Gasteiger partial charge in [-0.05, 0) is 31.5 Å². The van der Waals surface area contributed by atoms with Crippen molar-refractivity contribution in [3.63, 3.8) is 0 Å². The van der Waals surface area contributed by atoms with Crippen molar-refractivity contribution in [2.75, 3.05) is 25.0 Å². The normalized spacial score (nSPS) is 17.9. The van der Waals surface area contributed by atoms with Gasteiger partial charge in [0.25, 0.3) is 0 Å². The van der Waals surface area contributed by atoms with Crippen molar-refractivity contribution in [3.05, 3.63) is 22.2 Å². The molecule has 5 heteroatoms. The first-order valence-corrected chi connectivity index (χ1v) is 7.02. The molecule has 0 atom stereocenters. The molecular formula is C13H18Cl2N2O. The average molecular weight is 289 g/mol. The van der Waals surface area contributed by atoms with Crippen LogP contribution in [0.25, 0.3) is 0 Å². The number of phenolic OH excluding ortho intramolecular Hbond substituents is 1. The standard InChI is InChI=1S/C13H18Cl2N2O/c1-2-17-5-3-9(4-6-17)16-10-7-11(14)13(18)12(15)8-10/h7-9,16,18H,2-6H2,1H3. The molecule has 0 saturated carbocycles. The molecule has 0 spiro atoms. The predicted octanol–water partition coefficient (Wildman–Crippen LogP) is 3.60. The summed E-state index contributed by atoms with van der Waals surface area (Å²) in [5, 5.41) is 13.5. The molecule has 1 aliphatic rings. The van der Waals surface area contributed by atoms with Crippen molar-refractivity contribution < 1.29 is 5.11 Å². The van der Waals surface area contributed by atoms with E-state index in [1.165, 1.54) is 0 Å². The molecule has 1 aromatic carbocycles. The Morgan fingerprint density at radius 2 is 1.83 bits per heavy atom. The Morgan fingerprint density at radius 1 is 1.28 bits per heavy atom. The lowest BCUT2D eigenvalue weighted by atomic mass is 10.0. The number of rotatable bonds is 3. The lowest BCUT2D eigenvalue weighted by Crippen LogP contribution is -2.38. The Labute approximate surface area is 118 Å². The average Bonchev–Trinajstić information content (AvgIpc) is 2.37. The van der Waals surface area contributed by atoms with Crippen molar-refractivity contribution in [1.82, 2.24) is 4.90 Å². The summed E-state index contributed by atoms with van der Waals surface area (Å²) in [7, 11) is 0. The first-order valence-electron chi connectivity index (χ1n) is 6.27. The molecule has 0 bridgehead atoms. The number of piperidine rings is 1. The molecule has 1 fully saturated rings. The van der Waals surface area contributed by atoms with E-state index in [2.05, 4.69) is 17.1 Å². The Morgan fingerprint density at radius 3 is 2.33 bits per heavy atom. The Bertz CT molecular complexity index is 394. The summed E-state index contributed by atoms with van der Waals surface area (Å²) >= 11 is 11.8. The second-order valence-corrected chi connectivity index (χ2v) is 5.46. The van der Waals surface area contributed by atoms with Gasteiger partial charge in [-0.2, -0.15) is 0 Å². The smallest absolute Gasteiger partial charge is 0.152 e. The molecule has 0 aromatic heterocycles. The fraction of sp³-hybridized carbons (Fsp3) is 0.538. The number of aromatic hydroxyl groups is 1. The highest BCUT2D eigenvalue weighted by atomic mass is 35.5. The van der Waals surface area contributed by atoms with Crippen molar-refractivity contribution in [2.45, 2.75) is 25.8 Å². The Balaban J connectivity index is 1.98. The molecule has 1 aromatic rings. The van der Waals surface area contributed by atoms with E-state index >= 15 is 0 Å². The summed E-state index contributed by atoms with van der Waals surface area (Å²) in [6.07, 6.45) is 2.23. The van der Waals surface area contributed by atoms with Gasteiger partial charge in [-0.1, -0.05) is 30.1 Å². The molecule has 1 heterocycles. The van der Waals surface area contributed by atoms with E-state index in [1.807, 2.05) is 0 Å². The Hall–Kier alpha value is -0.640. The minimum Gasteiger partial charge on any atom is -0.505 e. The second kappa shape index (κ2) is 6.00. The monoisotopic (exact) mass is 288 g/mol. The van der Waals surface area contributed by atoms with Crippen LogP contribution in [-0.4, -0.2) is 35.7 Å². The van der Waals surface area contributed by atoms with Crippen LogP contribution in [0.15, 0.2) is 12.1 Å². The van der Waals surface area contributed by atoms with Gasteiger partial charge in [-0.3, -0.25) is 0 Å². The van der Waals surface area contributed by atoms with Gasteiger partial charge in [0.05, 0.1) is 10.0 Å². The van der Waals surface area contributed by atoms with Crippen LogP contribution in [0.2, 0.25) is 10.0 Å². The van der Waals surface area contributed by atoms with Crippen LogP contribution >= 0.6 is 23.2 Å². The summed E-state index contributed by atoms with van der Waals surface area (Å²) in [6.45, 7) is 5.54. The molecule has 1 saturated heterocycles. The molecule has 18 heavy (non-hydrogen) atoms. The van der Waals surface area contributed by atoms with Crippen LogP contribution < -0.4 is 5.32 Å². The Kier molecular flexibility index (Phi) is 4.60. The first-order chi connectivity index (χ1) is 8.60. The van der Waals surface area contributed by atoms with Gasteiger partial charge in [0, 0.05) is 24.8 Å². The summed E-state index contributed by atoms with van der Waals surface area (Å²) in [5.41, 5.74) is 0.873. The number of nitrogens with one attached hydrogen (secondary N) is 1. The zero-order chi connectivity index (χ0) is 13.1. The third-order valence-corrected chi connectivity index (χ3v) is 4.00. The minimum atomic E-state index is -0.0512. The van der Waals surface area contributed by atoms with E-state index < -0.39 is 0 Å². The maximum atomic E-state index is 9.50. The minimum absolute atomic E-state index is 0.0512. The molecule has 100 valence electrons. The van der Waals surface area contributed by atoms with Gasteiger partial charge >= 0.3 is 0 Å². The number of likely N-dealkylation sites (tertiary alicyclic amines) is 1. The highest BCUT2D eigenvalue weighted by Crippen LogP contribution is 2.35. The van der Waals surface area contributed by atoms with Crippen LogP contribution in [0.1, 0.15) is 19.8 Å². The second-order valence-electron chi connectivity index (χ2n) is 4.64. The number of nitrogens with zero attached hydrogens (tertiary/aromatic N) is 1. The third-order valence-electron chi connectivity index (χ3n) is 3.42. The molecule has 3 nitrogen and oxygen atoms in total. The van der Waals surface area contributed by atoms with E-state index in [0.717, 1.165) is 38.2 Å². The van der Waals surface area contributed by atoms with Crippen LogP contribution in [0.4, 0.5) is 5.69 Å². The van der Waals surface area contributed by atoms with Crippen molar-refractivity contribution in [2.24, 2.45) is 0 Å². The number of hydrogen-bond donors (Lipinski definition) is 2. The molecule has 0 amide bonds. The first kappa shape index (κ1) is 13.8. The largest absolute Gasteiger partial charge is 0.505 e. The molecule has 0 radical (unpaired) electrons. The lowest BCUT2D eigenvalue weighted by molar-refractivity contribution is 0.229. The van der Waals surface area contributed by atoms with Crippen molar-refractivity contribution in [3.8, 4) is 5.75 Å². The fourth-order valence-electron chi connectivity index (χ4n) is 2.28. The molecule has 2 N–H and O–H groups in total. The zero-order valence-corrected chi connectivity index (χ0v) is 11.9. The van der Waals surface area contributed by atoms with E-state index in [0.29, 0.717) is 6.04 Å². The van der Waals surface area contributed by atoms with Crippen LogP contribution in [0.3, 0.4) is 0 Å². The predicted molar refractivity (Wildman–Crippen MR) is 76.9 cm³/mol. The summed E-state index contributed by atoms with van der Waals surface area (Å²) in [4.78, 5) is 2.44. The topological polar surface area (TPSA) is 35.5 Å². The maximum Gasteiger partial charge on any atom is 0.152 e. The number of phenols is 1. The number of halogens is 2. The van der Waals surface area contributed by atoms with E-state index in [4.69, 9.17) is 23.2 Å². The van der Waals surface area contributed by atoms with Crippen LogP contribution in [0.5, 0.6) is 5.75 Å². The van der Waals surface area contributed by atoms with Gasteiger partial charge in [-0.15, -0.1) is 0 Å². The summed E-state index contributed by atoms with van der Waals surface area (Å²) in [5.74, 6) is -0.0512. The fourth-order valence-corrected chi connectivity index (χ4v) is 2.77. The number of anilines is 1. The lowest BCUT2D eigenvalue weighted by Gasteiger charge is -2.32. The van der Waals surface area contributed by atoms with Gasteiger partial charge < -0.3 is 15.3 Å². The van der Waals surface area contributed by atoms with E-state index in [9.17, 15) is 5.11 Å². The zero-order valence-electron chi connectivity index (χ0n) is 10.4. The van der Waals surface area contributed by atoms with Gasteiger partial charge in [0.15, 0.2) is 5.75 Å². The SMILES string of the molecule is CCN1CCC(Nc2cc(Cl)c(O)c(Cl)c2)CC1. The molecule has 0 aliphatic carbocycles. The number of benzene rings is 1. The number of hydrogen-bond acceptors (Lipinski definition) is 3. The van der Waals surface area contributed by atoms with Crippen molar-refractivity contribution >= 4 is 28.9 Å². The van der Waals surface area contributed by atoms with Gasteiger partial charge in [-0.25, -0.2) is 0 Å². The summed E-state index contributed by atoms with van der Waals surface area (Å²) < 4.78 is 0. The quantitative estimate of drug-likeness (QED) is 0.835. The van der Waals surface area contributed by atoms with Gasteiger partial charge in [0.1, 0.15) is 0 Å².